The molecule has 1 aromatic heterocycles. The van der Waals surface area contributed by atoms with E-state index in [1.165, 1.54) is 0 Å². The molecule has 0 radical (unpaired) electrons. The molecule has 2 heterocycles. The summed E-state index contributed by atoms with van der Waals surface area (Å²) < 4.78 is 48.4. The minimum Gasteiger partial charge on any atom is -0.377 e. The number of alkyl halides is 3. The molecule has 0 aliphatic carbocycles. The number of nitrogens with one attached hydrogen (secondary N) is 2. The van der Waals surface area contributed by atoms with Gasteiger partial charge in [-0.2, -0.15) is 18.3 Å². The molecule has 0 bridgehead atoms. The standard InChI is InChI=1S/C20H27F3N6O2/c1-24-19(26-16-6-7-18-27-17(12-30-2)28-29(18)10-16)25-9-14-4-3-5-15(8-14)11-31-13-20(21,22)23/h3-5,8,16H,6-7,9-13H2,1-2H3,(H2,24,25,26). The highest BCUT2D eigenvalue weighted by molar-refractivity contribution is 5.79. The van der Waals surface area contributed by atoms with E-state index in [2.05, 4.69) is 25.7 Å². The molecule has 3 rings (SSSR count). The Hall–Kier alpha value is -2.66. The van der Waals surface area contributed by atoms with Crippen molar-refractivity contribution in [1.82, 2.24) is 25.4 Å². The zero-order chi connectivity index (χ0) is 22.3. The molecule has 0 amide bonds. The number of hydrogen-bond acceptors (Lipinski definition) is 5. The molecular weight excluding hydrogens is 413 g/mol. The van der Waals surface area contributed by atoms with Gasteiger partial charge in [-0.25, -0.2) is 9.67 Å². The highest BCUT2D eigenvalue weighted by Gasteiger charge is 2.27. The summed E-state index contributed by atoms with van der Waals surface area (Å²) in [5, 5.41) is 11.1. The van der Waals surface area contributed by atoms with Gasteiger partial charge in [-0.05, 0) is 17.5 Å². The van der Waals surface area contributed by atoms with Gasteiger partial charge in [0.15, 0.2) is 11.8 Å². The maximum Gasteiger partial charge on any atom is 0.411 e. The first-order chi connectivity index (χ1) is 14.9. The lowest BCUT2D eigenvalue weighted by Crippen LogP contribution is -2.46. The summed E-state index contributed by atoms with van der Waals surface area (Å²) in [6.45, 7) is 0.202. The van der Waals surface area contributed by atoms with Crippen LogP contribution < -0.4 is 10.6 Å². The van der Waals surface area contributed by atoms with Gasteiger partial charge >= 0.3 is 6.18 Å². The van der Waals surface area contributed by atoms with E-state index in [1.807, 2.05) is 16.8 Å². The summed E-state index contributed by atoms with van der Waals surface area (Å²) in [7, 11) is 3.31. The van der Waals surface area contributed by atoms with Crippen molar-refractivity contribution in [2.24, 2.45) is 4.99 Å². The number of aryl methyl sites for hydroxylation is 1. The summed E-state index contributed by atoms with van der Waals surface area (Å²) in [5.41, 5.74) is 1.60. The summed E-state index contributed by atoms with van der Waals surface area (Å²) in [6.07, 6.45) is -2.61. The van der Waals surface area contributed by atoms with Crippen LogP contribution in [0.25, 0.3) is 0 Å². The Bertz CT molecular complexity index is 884. The van der Waals surface area contributed by atoms with Crippen molar-refractivity contribution in [2.45, 2.75) is 51.4 Å². The highest BCUT2D eigenvalue weighted by atomic mass is 19.4. The smallest absolute Gasteiger partial charge is 0.377 e. The normalized spacial score (nSPS) is 16.8. The second kappa shape index (κ2) is 10.6. The minimum atomic E-state index is -4.32. The molecule has 8 nitrogen and oxygen atoms in total. The third-order valence-electron chi connectivity index (χ3n) is 4.73. The number of fused-ring (bicyclic) bond motifs is 1. The van der Waals surface area contributed by atoms with E-state index >= 15 is 0 Å². The average Bonchev–Trinajstić information content (AvgIpc) is 3.12. The van der Waals surface area contributed by atoms with Crippen LogP contribution in [0.15, 0.2) is 29.3 Å². The van der Waals surface area contributed by atoms with Crippen molar-refractivity contribution in [1.29, 1.82) is 0 Å². The minimum absolute atomic E-state index is 0.0896. The molecule has 170 valence electrons. The van der Waals surface area contributed by atoms with E-state index in [9.17, 15) is 13.2 Å². The van der Waals surface area contributed by atoms with Crippen molar-refractivity contribution in [3.63, 3.8) is 0 Å². The topological polar surface area (TPSA) is 85.6 Å². The number of halogens is 3. The SMILES string of the molecule is CN=C(NCc1cccc(COCC(F)(F)F)c1)NC1CCc2nc(COC)nn2C1. The second-order valence-corrected chi connectivity index (χ2v) is 7.29. The third-order valence-corrected chi connectivity index (χ3v) is 4.73. The number of ether oxygens (including phenoxy) is 2. The zero-order valence-electron chi connectivity index (χ0n) is 17.6. The van der Waals surface area contributed by atoms with E-state index in [1.54, 1.807) is 26.3 Å². The molecule has 0 fully saturated rings. The molecule has 0 spiro atoms. The predicted molar refractivity (Wildman–Crippen MR) is 108 cm³/mol. The van der Waals surface area contributed by atoms with Gasteiger partial charge in [-0.3, -0.25) is 4.99 Å². The van der Waals surface area contributed by atoms with Gasteiger partial charge in [0.25, 0.3) is 0 Å². The van der Waals surface area contributed by atoms with Crippen LogP contribution in [0.2, 0.25) is 0 Å². The summed E-state index contributed by atoms with van der Waals surface area (Å²) in [4.78, 5) is 8.74. The first kappa shape index (κ1) is 23.0. The van der Waals surface area contributed by atoms with Crippen LogP contribution in [0, 0.1) is 0 Å². The fourth-order valence-electron chi connectivity index (χ4n) is 3.36. The number of nitrogens with zero attached hydrogens (tertiary/aromatic N) is 4. The van der Waals surface area contributed by atoms with Gasteiger partial charge in [-0.1, -0.05) is 24.3 Å². The first-order valence-corrected chi connectivity index (χ1v) is 9.97. The fraction of sp³-hybridized carbons (Fsp3) is 0.550. The van der Waals surface area contributed by atoms with Crippen LogP contribution in [-0.4, -0.2) is 53.7 Å². The number of methoxy groups -OCH3 is 1. The lowest BCUT2D eigenvalue weighted by Gasteiger charge is -2.25. The molecule has 1 unspecified atom stereocenters. The molecular formula is C20H27F3N6O2. The van der Waals surface area contributed by atoms with Gasteiger partial charge in [0, 0.05) is 33.2 Å². The summed E-state index contributed by atoms with van der Waals surface area (Å²) in [6, 6.07) is 7.40. The Morgan fingerprint density at radius 1 is 1.29 bits per heavy atom. The van der Waals surface area contributed by atoms with Crippen LogP contribution >= 0.6 is 0 Å². The van der Waals surface area contributed by atoms with Crippen molar-refractivity contribution in [3.05, 3.63) is 47.0 Å². The number of hydrogen-bond donors (Lipinski definition) is 2. The van der Waals surface area contributed by atoms with E-state index < -0.39 is 12.8 Å². The molecule has 1 atom stereocenters. The molecule has 2 N–H and O–H groups in total. The fourth-order valence-corrected chi connectivity index (χ4v) is 3.36. The monoisotopic (exact) mass is 440 g/mol. The molecule has 2 aromatic rings. The van der Waals surface area contributed by atoms with Crippen LogP contribution in [0.4, 0.5) is 13.2 Å². The molecule has 0 saturated heterocycles. The highest BCUT2D eigenvalue weighted by Crippen LogP contribution is 2.16. The van der Waals surface area contributed by atoms with Gasteiger partial charge in [0.2, 0.25) is 0 Å². The lowest BCUT2D eigenvalue weighted by molar-refractivity contribution is -0.176. The molecule has 31 heavy (non-hydrogen) atoms. The summed E-state index contributed by atoms with van der Waals surface area (Å²) in [5.74, 6) is 2.28. The molecule has 11 heteroatoms. The van der Waals surface area contributed by atoms with Gasteiger partial charge in [0.1, 0.15) is 19.0 Å². The number of rotatable bonds is 8. The number of benzene rings is 1. The number of guanidine groups is 1. The van der Waals surface area contributed by atoms with Crippen LogP contribution in [0.5, 0.6) is 0 Å². The average molecular weight is 440 g/mol. The van der Waals surface area contributed by atoms with Gasteiger partial charge < -0.3 is 20.1 Å². The van der Waals surface area contributed by atoms with E-state index in [0.717, 1.165) is 24.2 Å². The Morgan fingerprint density at radius 2 is 2.10 bits per heavy atom. The summed E-state index contributed by atoms with van der Waals surface area (Å²) >= 11 is 0. The Labute approximate surface area is 178 Å². The Kier molecular flexibility index (Phi) is 7.85. The first-order valence-electron chi connectivity index (χ1n) is 9.97. The van der Waals surface area contributed by atoms with E-state index in [4.69, 9.17) is 9.47 Å². The molecule has 1 aromatic carbocycles. The number of aliphatic imine (C=N–C) groups is 1. The number of aromatic nitrogens is 3. The maximum atomic E-state index is 12.2. The van der Waals surface area contributed by atoms with Crippen molar-refractivity contribution in [3.8, 4) is 0 Å². The molecule has 0 saturated carbocycles. The Morgan fingerprint density at radius 3 is 2.84 bits per heavy atom. The quantitative estimate of drug-likeness (QED) is 0.484. The van der Waals surface area contributed by atoms with Gasteiger partial charge in [-0.15, -0.1) is 0 Å². The van der Waals surface area contributed by atoms with Crippen LogP contribution in [0.1, 0.15) is 29.2 Å². The van der Waals surface area contributed by atoms with Gasteiger partial charge in [0.05, 0.1) is 13.2 Å². The zero-order valence-corrected chi connectivity index (χ0v) is 17.6. The molecule has 1 aliphatic heterocycles. The van der Waals surface area contributed by atoms with Crippen molar-refractivity contribution >= 4 is 5.96 Å². The lowest BCUT2D eigenvalue weighted by atomic mass is 10.1. The third kappa shape index (κ3) is 7.21. The molecule has 1 aliphatic rings. The second-order valence-electron chi connectivity index (χ2n) is 7.29. The predicted octanol–water partition coefficient (Wildman–Crippen LogP) is 2.18. The Balaban J connectivity index is 1.49. The largest absolute Gasteiger partial charge is 0.411 e. The van der Waals surface area contributed by atoms with E-state index in [-0.39, 0.29) is 12.6 Å². The van der Waals surface area contributed by atoms with Crippen LogP contribution in [0.3, 0.4) is 0 Å². The van der Waals surface area contributed by atoms with Crippen LogP contribution in [-0.2, 0) is 42.2 Å². The van der Waals surface area contributed by atoms with Crippen molar-refractivity contribution < 1.29 is 22.6 Å². The van der Waals surface area contributed by atoms with Crippen molar-refractivity contribution in [2.75, 3.05) is 20.8 Å². The maximum absolute atomic E-state index is 12.2. The van der Waals surface area contributed by atoms with E-state index in [0.29, 0.717) is 37.0 Å².